The smallest absolute Gasteiger partial charge is 0.177 e. The van der Waals surface area contributed by atoms with Crippen LogP contribution >= 0.6 is 23.1 Å². The van der Waals surface area contributed by atoms with E-state index in [1.165, 1.54) is 11.3 Å². The lowest BCUT2D eigenvalue weighted by molar-refractivity contribution is 0.0944. The van der Waals surface area contributed by atoms with Gasteiger partial charge < -0.3 is 10.6 Å². The summed E-state index contributed by atoms with van der Waals surface area (Å²) >= 11 is 3.08. The molecule has 0 atom stereocenters. The SMILES string of the molecule is CSc1c(N(C)C)sc(C(=O)C(C)C)c1N. The number of ketones is 1. The van der Waals surface area contributed by atoms with Crippen molar-refractivity contribution in [3.63, 3.8) is 0 Å². The Morgan fingerprint density at radius 2 is 2.00 bits per heavy atom. The predicted molar refractivity (Wildman–Crippen MR) is 74.0 cm³/mol. The number of carbonyl (C=O) groups excluding carboxylic acids is 1. The summed E-state index contributed by atoms with van der Waals surface area (Å²) in [7, 11) is 3.93. The van der Waals surface area contributed by atoms with Crippen LogP contribution in [0.1, 0.15) is 23.5 Å². The third-order valence-corrected chi connectivity index (χ3v) is 4.58. The van der Waals surface area contributed by atoms with Gasteiger partial charge in [0.1, 0.15) is 5.00 Å². The molecular weight excluding hydrogens is 240 g/mol. The number of rotatable bonds is 4. The number of carbonyl (C=O) groups is 1. The van der Waals surface area contributed by atoms with Crippen LogP contribution in [-0.2, 0) is 0 Å². The van der Waals surface area contributed by atoms with Gasteiger partial charge in [-0.15, -0.1) is 23.1 Å². The molecule has 5 heteroatoms. The summed E-state index contributed by atoms with van der Waals surface area (Å²) in [4.78, 5) is 15.7. The van der Waals surface area contributed by atoms with Crippen LogP contribution in [0.4, 0.5) is 10.7 Å². The average Bonchev–Trinajstić information content (AvgIpc) is 2.54. The van der Waals surface area contributed by atoms with Gasteiger partial charge in [0, 0.05) is 20.0 Å². The molecule has 0 fully saturated rings. The van der Waals surface area contributed by atoms with Crippen LogP contribution in [-0.4, -0.2) is 26.1 Å². The van der Waals surface area contributed by atoms with Gasteiger partial charge >= 0.3 is 0 Å². The lowest BCUT2D eigenvalue weighted by Gasteiger charge is -2.10. The first kappa shape index (κ1) is 13.4. The molecule has 0 aliphatic heterocycles. The lowest BCUT2D eigenvalue weighted by atomic mass is 10.1. The maximum Gasteiger partial charge on any atom is 0.177 e. The fourth-order valence-electron chi connectivity index (χ4n) is 1.35. The van der Waals surface area contributed by atoms with Gasteiger partial charge in [-0.05, 0) is 6.26 Å². The van der Waals surface area contributed by atoms with Gasteiger partial charge in [-0.3, -0.25) is 4.79 Å². The monoisotopic (exact) mass is 258 g/mol. The maximum atomic E-state index is 12.0. The predicted octanol–water partition coefficient (Wildman–Crippen LogP) is 2.96. The normalized spacial score (nSPS) is 10.9. The highest BCUT2D eigenvalue weighted by molar-refractivity contribution is 7.99. The third kappa shape index (κ3) is 2.35. The molecule has 0 amide bonds. The Hall–Kier alpha value is -0.680. The number of hydrogen-bond acceptors (Lipinski definition) is 5. The average molecular weight is 258 g/mol. The number of nitrogens with zero attached hydrogens (tertiary/aromatic N) is 1. The number of hydrogen-bond donors (Lipinski definition) is 1. The highest BCUT2D eigenvalue weighted by Gasteiger charge is 2.22. The molecule has 0 aromatic carbocycles. The molecule has 0 aliphatic rings. The molecule has 1 heterocycles. The van der Waals surface area contributed by atoms with E-state index in [4.69, 9.17) is 5.73 Å². The van der Waals surface area contributed by atoms with Crippen LogP contribution in [0.25, 0.3) is 0 Å². The van der Waals surface area contributed by atoms with Gasteiger partial charge in [-0.2, -0.15) is 0 Å². The Labute approximate surface area is 105 Å². The Kier molecular flexibility index (Phi) is 4.27. The fraction of sp³-hybridized carbons (Fsp3) is 0.545. The summed E-state index contributed by atoms with van der Waals surface area (Å²) in [5.41, 5.74) is 6.67. The van der Waals surface area contributed by atoms with Crippen molar-refractivity contribution in [2.75, 3.05) is 31.0 Å². The van der Waals surface area contributed by atoms with E-state index in [2.05, 4.69) is 0 Å². The van der Waals surface area contributed by atoms with E-state index in [9.17, 15) is 4.79 Å². The van der Waals surface area contributed by atoms with Gasteiger partial charge in [-0.1, -0.05) is 13.8 Å². The highest BCUT2D eigenvalue weighted by Crippen LogP contribution is 2.43. The van der Waals surface area contributed by atoms with Crippen molar-refractivity contribution in [3.05, 3.63) is 4.88 Å². The summed E-state index contributed by atoms with van der Waals surface area (Å²) in [6.07, 6.45) is 1.98. The Morgan fingerprint density at radius 1 is 1.44 bits per heavy atom. The van der Waals surface area contributed by atoms with Crippen molar-refractivity contribution in [3.8, 4) is 0 Å². The molecule has 16 heavy (non-hydrogen) atoms. The Bertz CT molecular complexity index is 397. The lowest BCUT2D eigenvalue weighted by Crippen LogP contribution is -2.07. The first-order valence-corrected chi connectivity index (χ1v) is 7.12. The van der Waals surface area contributed by atoms with Gasteiger partial charge in [0.15, 0.2) is 5.78 Å². The minimum Gasteiger partial charge on any atom is -0.396 e. The molecule has 0 aliphatic carbocycles. The van der Waals surface area contributed by atoms with Crippen LogP contribution in [0.15, 0.2) is 4.90 Å². The number of anilines is 2. The maximum absolute atomic E-state index is 12.0. The first-order chi connectivity index (χ1) is 7.40. The van der Waals surface area contributed by atoms with E-state index in [0.717, 1.165) is 9.90 Å². The minimum atomic E-state index is -0.00864. The molecular formula is C11H18N2OS2. The number of nitrogens with two attached hydrogens (primary N) is 1. The second-order valence-corrected chi connectivity index (χ2v) is 5.91. The van der Waals surface area contributed by atoms with E-state index >= 15 is 0 Å². The van der Waals surface area contributed by atoms with Crippen molar-refractivity contribution in [2.45, 2.75) is 18.7 Å². The molecule has 0 unspecified atom stereocenters. The van der Waals surface area contributed by atoms with E-state index < -0.39 is 0 Å². The number of nitrogen functional groups attached to an aromatic ring is 1. The summed E-state index contributed by atoms with van der Waals surface area (Å²) in [5, 5.41) is 1.06. The van der Waals surface area contributed by atoms with Crippen LogP contribution in [0.5, 0.6) is 0 Å². The van der Waals surface area contributed by atoms with Crippen LogP contribution < -0.4 is 10.6 Å². The highest BCUT2D eigenvalue weighted by atomic mass is 32.2. The van der Waals surface area contributed by atoms with Gasteiger partial charge in [-0.25, -0.2) is 0 Å². The van der Waals surface area contributed by atoms with E-state index in [0.29, 0.717) is 10.6 Å². The molecule has 3 nitrogen and oxygen atoms in total. The second-order valence-electron chi connectivity index (χ2n) is 4.10. The van der Waals surface area contributed by atoms with E-state index in [-0.39, 0.29) is 11.7 Å². The summed E-state index contributed by atoms with van der Waals surface area (Å²) < 4.78 is 0. The zero-order valence-electron chi connectivity index (χ0n) is 10.3. The third-order valence-electron chi connectivity index (χ3n) is 2.24. The minimum absolute atomic E-state index is 0.00864. The summed E-state index contributed by atoms with van der Waals surface area (Å²) in [6.45, 7) is 3.80. The zero-order valence-corrected chi connectivity index (χ0v) is 12.0. The molecule has 1 rings (SSSR count). The topological polar surface area (TPSA) is 46.3 Å². The molecule has 0 spiro atoms. The van der Waals surface area contributed by atoms with E-state index in [1.54, 1.807) is 11.8 Å². The molecule has 0 saturated heterocycles. The van der Waals surface area contributed by atoms with Crippen molar-refractivity contribution in [1.29, 1.82) is 0 Å². The first-order valence-electron chi connectivity index (χ1n) is 5.07. The van der Waals surface area contributed by atoms with Gasteiger partial charge in [0.25, 0.3) is 0 Å². The van der Waals surface area contributed by atoms with Crippen LogP contribution in [0, 0.1) is 5.92 Å². The Balaban J connectivity index is 3.28. The molecule has 2 N–H and O–H groups in total. The molecule has 90 valence electrons. The molecule has 0 radical (unpaired) electrons. The fourth-order valence-corrected chi connectivity index (χ4v) is 3.60. The number of Topliss-reactive ketones (excluding diaryl/α,β-unsaturated/α-hetero) is 1. The quantitative estimate of drug-likeness (QED) is 0.666. The standard InChI is InChI=1S/C11H18N2OS2/c1-6(2)8(14)9-7(12)10(15-5)11(16-9)13(3)4/h6H,12H2,1-5H3. The number of thioether (sulfide) groups is 1. The Morgan fingerprint density at radius 3 is 2.31 bits per heavy atom. The number of thiophene rings is 1. The van der Waals surface area contributed by atoms with E-state index in [1.807, 2.05) is 39.1 Å². The summed E-state index contributed by atoms with van der Waals surface area (Å²) in [5.74, 6) is 0.122. The molecule has 0 saturated carbocycles. The van der Waals surface area contributed by atoms with Crippen LogP contribution in [0.2, 0.25) is 0 Å². The van der Waals surface area contributed by atoms with Crippen LogP contribution in [0.3, 0.4) is 0 Å². The zero-order chi connectivity index (χ0) is 12.5. The van der Waals surface area contributed by atoms with Crippen molar-refractivity contribution >= 4 is 39.6 Å². The molecule has 0 bridgehead atoms. The molecule has 1 aromatic heterocycles. The van der Waals surface area contributed by atoms with Crippen molar-refractivity contribution in [2.24, 2.45) is 5.92 Å². The summed E-state index contributed by atoms with van der Waals surface area (Å²) in [6, 6.07) is 0. The van der Waals surface area contributed by atoms with Gasteiger partial charge in [0.05, 0.1) is 15.5 Å². The second kappa shape index (κ2) is 5.10. The molecule has 1 aromatic rings. The van der Waals surface area contributed by atoms with Gasteiger partial charge in [0.2, 0.25) is 0 Å². The van der Waals surface area contributed by atoms with Crippen molar-refractivity contribution < 1.29 is 4.79 Å². The van der Waals surface area contributed by atoms with Crippen molar-refractivity contribution in [1.82, 2.24) is 0 Å². The largest absolute Gasteiger partial charge is 0.396 e.